The molecule has 0 aliphatic rings. The number of rotatable bonds is 3. The topological polar surface area (TPSA) is 68.0 Å². The summed E-state index contributed by atoms with van der Waals surface area (Å²) in [7, 11) is 1.85. The summed E-state index contributed by atoms with van der Waals surface area (Å²) in [5.41, 5.74) is 3.45. The number of aryl methyl sites for hydroxylation is 2. The maximum Gasteiger partial charge on any atom is 0.337 e. The van der Waals surface area contributed by atoms with E-state index in [1.807, 2.05) is 34.0 Å². The average molecular weight is 259 g/mol. The van der Waals surface area contributed by atoms with Crippen molar-refractivity contribution in [3.05, 3.63) is 35.3 Å². The summed E-state index contributed by atoms with van der Waals surface area (Å²) >= 11 is 0. The third kappa shape index (κ3) is 2.50. The van der Waals surface area contributed by atoms with E-state index in [9.17, 15) is 9.90 Å². The zero-order valence-electron chi connectivity index (χ0n) is 11.5. The summed E-state index contributed by atoms with van der Waals surface area (Å²) in [6.45, 7) is 5.79. The predicted octanol–water partition coefficient (Wildman–Crippen LogP) is 2.61. The highest BCUT2D eigenvalue weighted by atomic mass is 16.4. The Labute approximate surface area is 111 Å². The molecule has 0 aromatic carbocycles. The van der Waals surface area contributed by atoms with Crippen LogP contribution in [0.15, 0.2) is 18.3 Å². The number of pyridine rings is 1. The summed E-state index contributed by atoms with van der Waals surface area (Å²) in [4.78, 5) is 15.7. The molecule has 0 bridgehead atoms. The Kier molecular flexibility index (Phi) is 3.38. The summed E-state index contributed by atoms with van der Waals surface area (Å²) in [6.07, 6.45) is 1.89. The van der Waals surface area contributed by atoms with Crippen molar-refractivity contribution in [2.75, 3.05) is 0 Å². The van der Waals surface area contributed by atoms with Gasteiger partial charge in [0.05, 0.1) is 22.6 Å². The minimum atomic E-state index is -0.939. The third-order valence-electron chi connectivity index (χ3n) is 2.99. The van der Waals surface area contributed by atoms with E-state index in [2.05, 4.69) is 10.1 Å². The molecule has 2 aromatic rings. The Morgan fingerprint density at radius 2 is 2.05 bits per heavy atom. The summed E-state index contributed by atoms with van der Waals surface area (Å²) < 4.78 is 1.73. The van der Waals surface area contributed by atoms with Crippen LogP contribution in [0.2, 0.25) is 0 Å². The van der Waals surface area contributed by atoms with Gasteiger partial charge in [-0.25, -0.2) is 4.79 Å². The van der Waals surface area contributed by atoms with Gasteiger partial charge in [-0.05, 0) is 25.0 Å². The van der Waals surface area contributed by atoms with Gasteiger partial charge in [0, 0.05) is 18.8 Å². The molecule has 0 radical (unpaired) electrons. The van der Waals surface area contributed by atoms with Crippen LogP contribution in [0.1, 0.15) is 41.5 Å². The normalized spacial score (nSPS) is 11.0. The highest BCUT2D eigenvalue weighted by Gasteiger charge is 2.17. The van der Waals surface area contributed by atoms with E-state index >= 15 is 0 Å². The molecular weight excluding hydrogens is 242 g/mol. The molecule has 1 N–H and O–H groups in total. The van der Waals surface area contributed by atoms with Gasteiger partial charge in [-0.3, -0.25) is 9.67 Å². The zero-order valence-corrected chi connectivity index (χ0v) is 11.5. The van der Waals surface area contributed by atoms with Crippen molar-refractivity contribution in [1.82, 2.24) is 14.8 Å². The minimum Gasteiger partial charge on any atom is -0.478 e. The standard InChI is InChI=1S/C14H17N3O2/c1-8(2)13-10(14(18)19)5-6-12(15-13)11-7-17(4)16-9(11)3/h5-8H,1-4H3,(H,18,19). The van der Waals surface area contributed by atoms with Gasteiger partial charge < -0.3 is 5.11 Å². The molecular formula is C14H17N3O2. The van der Waals surface area contributed by atoms with Crippen LogP contribution in [0, 0.1) is 6.92 Å². The van der Waals surface area contributed by atoms with E-state index < -0.39 is 5.97 Å². The molecule has 19 heavy (non-hydrogen) atoms. The van der Waals surface area contributed by atoms with Crippen LogP contribution in [-0.2, 0) is 7.05 Å². The van der Waals surface area contributed by atoms with Crippen molar-refractivity contribution in [2.45, 2.75) is 26.7 Å². The van der Waals surface area contributed by atoms with Crippen molar-refractivity contribution >= 4 is 5.97 Å². The monoisotopic (exact) mass is 259 g/mol. The number of hydrogen-bond donors (Lipinski definition) is 1. The molecule has 0 amide bonds. The second-order valence-electron chi connectivity index (χ2n) is 4.89. The van der Waals surface area contributed by atoms with E-state index in [0.717, 1.165) is 17.0 Å². The fourth-order valence-corrected chi connectivity index (χ4v) is 2.10. The Hall–Kier alpha value is -2.17. The van der Waals surface area contributed by atoms with Gasteiger partial charge in [0.2, 0.25) is 0 Å². The van der Waals surface area contributed by atoms with Crippen molar-refractivity contribution in [1.29, 1.82) is 0 Å². The van der Waals surface area contributed by atoms with E-state index in [-0.39, 0.29) is 11.5 Å². The molecule has 0 saturated heterocycles. The highest BCUT2D eigenvalue weighted by Crippen LogP contribution is 2.25. The first-order chi connectivity index (χ1) is 8.90. The number of carboxylic acids is 1. The number of aromatic carboxylic acids is 1. The molecule has 0 spiro atoms. The summed E-state index contributed by atoms with van der Waals surface area (Å²) in [5, 5.41) is 13.5. The maximum absolute atomic E-state index is 11.2. The molecule has 2 rings (SSSR count). The van der Waals surface area contributed by atoms with Crippen molar-refractivity contribution in [3.63, 3.8) is 0 Å². The van der Waals surface area contributed by atoms with E-state index in [1.165, 1.54) is 0 Å². The number of nitrogens with zero attached hydrogens (tertiary/aromatic N) is 3. The fraction of sp³-hybridized carbons (Fsp3) is 0.357. The van der Waals surface area contributed by atoms with Gasteiger partial charge >= 0.3 is 5.97 Å². The molecule has 0 aliphatic carbocycles. The predicted molar refractivity (Wildman–Crippen MR) is 72.2 cm³/mol. The maximum atomic E-state index is 11.2. The average Bonchev–Trinajstić information content (AvgIpc) is 2.67. The quantitative estimate of drug-likeness (QED) is 0.920. The lowest BCUT2D eigenvalue weighted by Crippen LogP contribution is -2.07. The molecule has 0 aliphatic heterocycles. The molecule has 0 fully saturated rings. The summed E-state index contributed by atoms with van der Waals surface area (Å²) in [6, 6.07) is 3.35. The molecule has 5 nitrogen and oxygen atoms in total. The lowest BCUT2D eigenvalue weighted by molar-refractivity contribution is 0.0694. The fourth-order valence-electron chi connectivity index (χ4n) is 2.10. The van der Waals surface area contributed by atoms with Crippen molar-refractivity contribution in [2.24, 2.45) is 7.05 Å². The Morgan fingerprint density at radius 3 is 2.53 bits per heavy atom. The smallest absolute Gasteiger partial charge is 0.337 e. The molecule has 0 unspecified atom stereocenters. The Bertz CT molecular complexity index is 630. The first-order valence-electron chi connectivity index (χ1n) is 6.15. The van der Waals surface area contributed by atoms with E-state index in [4.69, 9.17) is 0 Å². The van der Waals surface area contributed by atoms with Gasteiger partial charge in [0.1, 0.15) is 0 Å². The molecule has 2 aromatic heterocycles. The van der Waals surface area contributed by atoms with Gasteiger partial charge in [0.25, 0.3) is 0 Å². The van der Waals surface area contributed by atoms with Crippen LogP contribution in [0.5, 0.6) is 0 Å². The molecule has 5 heteroatoms. The largest absolute Gasteiger partial charge is 0.478 e. The van der Waals surface area contributed by atoms with Crippen LogP contribution < -0.4 is 0 Å². The minimum absolute atomic E-state index is 0.0584. The second-order valence-corrected chi connectivity index (χ2v) is 4.89. The number of aromatic nitrogens is 3. The van der Waals surface area contributed by atoms with Crippen LogP contribution in [0.4, 0.5) is 0 Å². The zero-order chi connectivity index (χ0) is 14.2. The van der Waals surface area contributed by atoms with Crippen LogP contribution in [0.3, 0.4) is 0 Å². The van der Waals surface area contributed by atoms with Crippen LogP contribution >= 0.6 is 0 Å². The third-order valence-corrected chi connectivity index (χ3v) is 2.99. The number of carbonyl (C=O) groups is 1. The Balaban J connectivity index is 2.58. The summed E-state index contributed by atoms with van der Waals surface area (Å²) in [5.74, 6) is -0.881. The number of hydrogen-bond acceptors (Lipinski definition) is 3. The highest BCUT2D eigenvalue weighted by molar-refractivity contribution is 5.89. The molecule has 100 valence electrons. The van der Waals surface area contributed by atoms with Crippen LogP contribution in [-0.4, -0.2) is 25.8 Å². The lowest BCUT2D eigenvalue weighted by atomic mass is 10.0. The first-order valence-corrected chi connectivity index (χ1v) is 6.15. The lowest BCUT2D eigenvalue weighted by Gasteiger charge is -2.10. The van der Waals surface area contributed by atoms with Crippen molar-refractivity contribution < 1.29 is 9.90 Å². The first kappa shape index (κ1) is 13.3. The number of carboxylic acid groups (broad SMARTS) is 1. The Morgan fingerprint density at radius 1 is 1.37 bits per heavy atom. The molecule has 0 saturated carbocycles. The van der Waals surface area contributed by atoms with Crippen molar-refractivity contribution in [3.8, 4) is 11.3 Å². The van der Waals surface area contributed by atoms with E-state index in [0.29, 0.717) is 5.69 Å². The molecule has 2 heterocycles. The van der Waals surface area contributed by atoms with Gasteiger partial charge in [0.15, 0.2) is 0 Å². The van der Waals surface area contributed by atoms with Gasteiger partial charge in [-0.15, -0.1) is 0 Å². The van der Waals surface area contributed by atoms with Gasteiger partial charge in [-0.1, -0.05) is 13.8 Å². The van der Waals surface area contributed by atoms with E-state index in [1.54, 1.807) is 16.8 Å². The SMILES string of the molecule is Cc1nn(C)cc1-c1ccc(C(=O)O)c(C(C)C)n1. The second kappa shape index (κ2) is 4.84. The van der Waals surface area contributed by atoms with Crippen LogP contribution in [0.25, 0.3) is 11.3 Å². The van der Waals surface area contributed by atoms with Gasteiger partial charge in [-0.2, -0.15) is 5.10 Å². The molecule has 0 atom stereocenters.